The Hall–Kier alpha value is -4.37. The molecule has 1 amide bonds. The smallest absolute Gasteiger partial charge is 0.337 e. The van der Waals surface area contributed by atoms with Gasteiger partial charge < -0.3 is 14.6 Å². The molecule has 0 spiro atoms. The van der Waals surface area contributed by atoms with Gasteiger partial charge in [0.2, 0.25) is 0 Å². The number of amidine groups is 1. The fraction of sp³-hybridized carbons (Fsp3) is 0.111. The van der Waals surface area contributed by atoms with Crippen molar-refractivity contribution in [2.75, 3.05) is 14.2 Å². The largest absolute Gasteiger partial charge is 0.489 e. The Morgan fingerprint density at radius 3 is 2.22 bits per heavy atom. The molecule has 0 radical (unpaired) electrons. The van der Waals surface area contributed by atoms with Crippen molar-refractivity contribution in [3.05, 3.63) is 100.0 Å². The summed E-state index contributed by atoms with van der Waals surface area (Å²) in [5.41, 5.74) is 2.96. The fourth-order valence-corrected chi connectivity index (χ4v) is 4.26. The number of likely N-dealkylation sites (N-methyl/N-ethyl adjacent to an activating group) is 1. The van der Waals surface area contributed by atoms with Gasteiger partial charge in [-0.25, -0.2) is 14.6 Å². The van der Waals surface area contributed by atoms with Crippen LogP contribution in [0.15, 0.2) is 82.7 Å². The number of esters is 1. The number of amides is 1. The molecule has 8 nitrogen and oxygen atoms in total. The lowest BCUT2D eigenvalue weighted by molar-refractivity contribution is -0.121. The molecule has 3 aromatic rings. The van der Waals surface area contributed by atoms with Crippen molar-refractivity contribution in [3.63, 3.8) is 0 Å². The topological polar surface area (TPSA) is 106 Å². The monoisotopic (exact) mass is 502 g/mol. The van der Waals surface area contributed by atoms with Crippen LogP contribution in [0, 0.1) is 0 Å². The normalized spacial score (nSPS) is 15.4. The molecule has 3 aromatic carbocycles. The van der Waals surface area contributed by atoms with Crippen LogP contribution in [-0.2, 0) is 16.1 Å². The Morgan fingerprint density at radius 2 is 1.61 bits per heavy atom. The molecular weight excluding hydrogens is 480 g/mol. The average molecular weight is 503 g/mol. The molecule has 182 valence electrons. The van der Waals surface area contributed by atoms with Gasteiger partial charge in [0.15, 0.2) is 5.17 Å². The summed E-state index contributed by atoms with van der Waals surface area (Å²) in [6.07, 6.45) is 1.79. The number of methoxy groups -OCH3 is 1. The van der Waals surface area contributed by atoms with Crippen molar-refractivity contribution in [1.82, 2.24) is 4.90 Å². The summed E-state index contributed by atoms with van der Waals surface area (Å²) < 4.78 is 10.5. The molecule has 4 rings (SSSR count). The van der Waals surface area contributed by atoms with Crippen molar-refractivity contribution in [2.24, 2.45) is 4.99 Å². The number of carboxylic acids is 1. The zero-order chi connectivity index (χ0) is 25.7. The second kappa shape index (κ2) is 10.9. The number of aliphatic imine (C=N–C) groups is 1. The number of aromatic carboxylic acids is 1. The number of benzene rings is 3. The van der Waals surface area contributed by atoms with Crippen molar-refractivity contribution in [3.8, 4) is 5.75 Å². The van der Waals surface area contributed by atoms with E-state index in [1.54, 1.807) is 61.7 Å². The van der Waals surface area contributed by atoms with Crippen molar-refractivity contribution < 1.29 is 29.0 Å². The van der Waals surface area contributed by atoms with E-state index in [0.29, 0.717) is 33.7 Å². The van der Waals surface area contributed by atoms with Crippen LogP contribution in [0.2, 0.25) is 0 Å². The van der Waals surface area contributed by atoms with E-state index in [4.69, 9.17) is 14.6 Å². The summed E-state index contributed by atoms with van der Waals surface area (Å²) >= 11 is 1.27. The first-order valence-electron chi connectivity index (χ1n) is 10.8. The average Bonchev–Trinajstić information content (AvgIpc) is 3.16. The predicted molar refractivity (Wildman–Crippen MR) is 137 cm³/mol. The molecule has 0 aliphatic carbocycles. The molecule has 36 heavy (non-hydrogen) atoms. The van der Waals surface area contributed by atoms with Gasteiger partial charge in [-0.15, -0.1) is 0 Å². The third kappa shape index (κ3) is 5.81. The van der Waals surface area contributed by atoms with Gasteiger partial charge in [0, 0.05) is 7.05 Å². The van der Waals surface area contributed by atoms with Crippen LogP contribution in [0.5, 0.6) is 5.75 Å². The molecule has 0 aromatic heterocycles. The quantitative estimate of drug-likeness (QED) is 0.359. The number of nitrogens with zero attached hydrogens (tertiary/aromatic N) is 2. The third-order valence-corrected chi connectivity index (χ3v) is 6.36. The highest BCUT2D eigenvalue weighted by Gasteiger charge is 2.30. The van der Waals surface area contributed by atoms with Crippen LogP contribution < -0.4 is 4.74 Å². The van der Waals surface area contributed by atoms with E-state index >= 15 is 0 Å². The van der Waals surface area contributed by atoms with E-state index in [-0.39, 0.29) is 11.5 Å². The van der Waals surface area contributed by atoms with Gasteiger partial charge in [-0.3, -0.25) is 9.69 Å². The Bertz CT molecular complexity index is 1350. The van der Waals surface area contributed by atoms with E-state index in [9.17, 15) is 14.4 Å². The lowest BCUT2D eigenvalue weighted by Gasteiger charge is -2.07. The molecule has 1 heterocycles. The molecule has 1 N–H and O–H groups in total. The first kappa shape index (κ1) is 24.7. The molecule has 1 saturated heterocycles. The number of hydrogen-bond donors (Lipinski definition) is 1. The number of thioether (sulfide) groups is 1. The lowest BCUT2D eigenvalue weighted by atomic mass is 10.1. The van der Waals surface area contributed by atoms with Gasteiger partial charge in [-0.1, -0.05) is 24.3 Å². The Morgan fingerprint density at radius 1 is 0.972 bits per heavy atom. The highest BCUT2D eigenvalue weighted by molar-refractivity contribution is 8.18. The van der Waals surface area contributed by atoms with Gasteiger partial charge in [0.1, 0.15) is 12.4 Å². The van der Waals surface area contributed by atoms with Crippen LogP contribution in [0.1, 0.15) is 31.8 Å². The van der Waals surface area contributed by atoms with Crippen molar-refractivity contribution in [2.45, 2.75) is 6.61 Å². The maximum Gasteiger partial charge on any atom is 0.337 e. The summed E-state index contributed by atoms with van der Waals surface area (Å²) in [7, 11) is 2.99. The lowest BCUT2D eigenvalue weighted by Crippen LogP contribution is -2.23. The van der Waals surface area contributed by atoms with Gasteiger partial charge in [-0.2, -0.15) is 0 Å². The Balaban J connectivity index is 1.40. The number of carbonyl (C=O) groups excluding carboxylic acids is 2. The zero-order valence-corrected chi connectivity index (χ0v) is 20.3. The minimum atomic E-state index is -0.968. The molecule has 0 atom stereocenters. The van der Waals surface area contributed by atoms with E-state index in [2.05, 4.69) is 4.99 Å². The zero-order valence-electron chi connectivity index (χ0n) is 19.5. The van der Waals surface area contributed by atoms with Gasteiger partial charge in [-0.05, 0) is 77.5 Å². The highest BCUT2D eigenvalue weighted by Crippen LogP contribution is 2.33. The van der Waals surface area contributed by atoms with E-state index in [1.165, 1.54) is 23.8 Å². The van der Waals surface area contributed by atoms with Crippen molar-refractivity contribution in [1.29, 1.82) is 0 Å². The molecule has 0 bridgehead atoms. The maximum absolute atomic E-state index is 12.7. The van der Waals surface area contributed by atoms with Crippen LogP contribution in [0.4, 0.5) is 5.69 Å². The summed E-state index contributed by atoms with van der Waals surface area (Å²) in [4.78, 5) is 41.8. The minimum Gasteiger partial charge on any atom is -0.489 e. The molecular formula is C27H22N2O6S. The maximum atomic E-state index is 12.7. The SMILES string of the molecule is COC(=O)c1ccc(N=C2S/C(=C\c3ccc(OCc4ccc(C(=O)O)cc4)cc3)C(=O)N2C)cc1. The summed E-state index contributed by atoms with van der Waals surface area (Å²) in [6.45, 7) is 0.305. The summed E-state index contributed by atoms with van der Waals surface area (Å²) in [5, 5.41) is 9.51. The molecule has 9 heteroatoms. The standard InChI is InChI=1S/C27H22N2O6S/c1-29-24(30)23(36-27(29)28-21-11-9-20(10-12-21)26(33)34-2)15-17-5-13-22(14-6-17)35-16-18-3-7-19(8-4-18)25(31)32/h3-15H,16H2,1-2H3,(H,31,32)/b23-15-,28-27?. The Labute approximate surface area is 211 Å². The summed E-state index contributed by atoms with van der Waals surface area (Å²) in [5.74, 6) is -0.896. The molecule has 0 saturated carbocycles. The first-order chi connectivity index (χ1) is 17.3. The van der Waals surface area contributed by atoms with Crippen molar-refractivity contribution >= 4 is 46.5 Å². The first-order valence-corrected chi connectivity index (χ1v) is 11.7. The third-order valence-electron chi connectivity index (χ3n) is 5.30. The number of ether oxygens (including phenoxy) is 2. The van der Waals surface area contributed by atoms with E-state index in [0.717, 1.165) is 11.1 Å². The highest BCUT2D eigenvalue weighted by atomic mass is 32.2. The van der Waals surface area contributed by atoms with Gasteiger partial charge in [0.25, 0.3) is 5.91 Å². The van der Waals surface area contributed by atoms with Crippen LogP contribution in [-0.4, -0.2) is 47.2 Å². The van der Waals surface area contributed by atoms with Gasteiger partial charge >= 0.3 is 11.9 Å². The predicted octanol–water partition coefficient (Wildman–Crippen LogP) is 4.98. The molecule has 0 unspecified atom stereocenters. The molecule has 1 aliphatic heterocycles. The number of rotatable bonds is 7. The minimum absolute atomic E-state index is 0.157. The fourth-order valence-electron chi connectivity index (χ4n) is 3.27. The second-order valence-corrected chi connectivity index (χ2v) is 8.78. The number of carboxylic acid groups (broad SMARTS) is 1. The van der Waals surface area contributed by atoms with Crippen LogP contribution >= 0.6 is 11.8 Å². The Kier molecular flexibility index (Phi) is 7.50. The van der Waals surface area contributed by atoms with Crippen LogP contribution in [0.25, 0.3) is 6.08 Å². The van der Waals surface area contributed by atoms with E-state index in [1.807, 2.05) is 24.3 Å². The number of carbonyl (C=O) groups is 3. The molecule has 1 aliphatic rings. The summed E-state index contributed by atoms with van der Waals surface area (Å²) in [6, 6.07) is 20.5. The van der Waals surface area contributed by atoms with Gasteiger partial charge in [0.05, 0.1) is 28.8 Å². The molecule has 1 fully saturated rings. The van der Waals surface area contributed by atoms with Crippen LogP contribution in [0.3, 0.4) is 0 Å². The second-order valence-electron chi connectivity index (χ2n) is 7.77. The number of hydrogen-bond acceptors (Lipinski definition) is 7. The van der Waals surface area contributed by atoms with E-state index < -0.39 is 11.9 Å².